The average Bonchev–Trinajstić information content (AvgIpc) is 3.07. The lowest BCUT2D eigenvalue weighted by Crippen LogP contribution is -2.22. The van der Waals surface area contributed by atoms with Crippen LogP contribution in [0.5, 0.6) is 5.75 Å². The van der Waals surface area contributed by atoms with Crippen molar-refractivity contribution < 1.29 is 13.9 Å². The quantitative estimate of drug-likeness (QED) is 0.559. The van der Waals surface area contributed by atoms with Gasteiger partial charge in [0.1, 0.15) is 17.4 Å². The van der Waals surface area contributed by atoms with Crippen LogP contribution >= 0.6 is 0 Å². The van der Waals surface area contributed by atoms with Crippen LogP contribution in [0.25, 0.3) is 16.5 Å². The molecule has 28 heavy (non-hydrogen) atoms. The molecule has 4 aromatic rings. The molecule has 4 rings (SSSR count). The second kappa shape index (κ2) is 7.52. The number of carbonyl (C=O) groups is 1. The van der Waals surface area contributed by atoms with Gasteiger partial charge >= 0.3 is 0 Å². The Kier molecular flexibility index (Phi) is 4.76. The first-order valence-corrected chi connectivity index (χ1v) is 8.83. The maximum Gasteiger partial charge on any atom is 0.263 e. The summed E-state index contributed by atoms with van der Waals surface area (Å²) in [4.78, 5) is 12.4. The minimum Gasteiger partial charge on any atom is -0.483 e. The number of hydrogen-bond acceptors (Lipinski definition) is 3. The van der Waals surface area contributed by atoms with E-state index >= 15 is 0 Å². The minimum absolute atomic E-state index is 0.137. The summed E-state index contributed by atoms with van der Waals surface area (Å²) in [7, 11) is 0. The zero-order chi connectivity index (χ0) is 19.5. The highest BCUT2D eigenvalue weighted by molar-refractivity contribution is 5.92. The molecule has 1 amide bonds. The number of aryl methyl sites for hydroxylation is 1. The molecule has 140 valence electrons. The van der Waals surface area contributed by atoms with Crippen molar-refractivity contribution in [3.63, 3.8) is 0 Å². The number of anilines is 1. The summed E-state index contributed by atoms with van der Waals surface area (Å²) in [6.45, 7) is 1.68. The molecule has 3 aromatic carbocycles. The molecule has 0 radical (unpaired) electrons. The Morgan fingerprint density at radius 1 is 1.07 bits per heavy atom. The van der Waals surface area contributed by atoms with Crippen molar-refractivity contribution in [3.05, 3.63) is 84.3 Å². The highest BCUT2D eigenvalue weighted by Gasteiger charge is 2.12. The average molecular weight is 375 g/mol. The van der Waals surface area contributed by atoms with Gasteiger partial charge in [0, 0.05) is 11.5 Å². The van der Waals surface area contributed by atoms with E-state index in [9.17, 15) is 9.18 Å². The van der Waals surface area contributed by atoms with Crippen LogP contribution in [0.3, 0.4) is 0 Å². The number of halogens is 1. The van der Waals surface area contributed by atoms with Gasteiger partial charge in [0.2, 0.25) is 0 Å². The molecule has 1 heterocycles. The van der Waals surface area contributed by atoms with Gasteiger partial charge in [-0.15, -0.1) is 0 Å². The summed E-state index contributed by atoms with van der Waals surface area (Å²) in [5.74, 6) is 0.505. The van der Waals surface area contributed by atoms with Crippen LogP contribution in [0.2, 0.25) is 0 Å². The van der Waals surface area contributed by atoms with Gasteiger partial charge < -0.3 is 10.1 Å². The molecule has 0 unspecified atom stereocenters. The molecule has 1 aromatic heterocycles. The Bertz CT molecular complexity index is 1130. The van der Waals surface area contributed by atoms with E-state index < -0.39 is 0 Å². The summed E-state index contributed by atoms with van der Waals surface area (Å²) >= 11 is 0. The Labute approximate surface area is 161 Å². The Balaban J connectivity index is 1.49. The molecule has 0 aliphatic heterocycles. The molecule has 0 saturated heterocycles. The first kappa shape index (κ1) is 17.7. The predicted molar refractivity (Wildman–Crippen MR) is 106 cm³/mol. The molecule has 0 bridgehead atoms. The molecule has 0 aliphatic rings. The lowest BCUT2D eigenvalue weighted by Gasteiger charge is -2.11. The van der Waals surface area contributed by atoms with Gasteiger partial charge in [-0.2, -0.15) is 5.10 Å². The van der Waals surface area contributed by atoms with E-state index in [1.165, 1.54) is 12.1 Å². The molecular weight excluding hydrogens is 357 g/mol. The fraction of sp³-hybridized carbons (Fsp3) is 0.0909. The second-order valence-corrected chi connectivity index (χ2v) is 6.37. The fourth-order valence-corrected chi connectivity index (χ4v) is 3.01. The van der Waals surface area contributed by atoms with Crippen LogP contribution in [0.1, 0.15) is 5.69 Å². The highest BCUT2D eigenvalue weighted by atomic mass is 19.1. The summed E-state index contributed by atoms with van der Waals surface area (Å²) in [5.41, 5.74) is 1.38. The van der Waals surface area contributed by atoms with E-state index in [-0.39, 0.29) is 18.3 Å². The number of nitrogens with zero attached hydrogens (tertiary/aromatic N) is 2. The van der Waals surface area contributed by atoms with E-state index in [0.29, 0.717) is 17.3 Å². The normalized spacial score (nSPS) is 10.8. The monoisotopic (exact) mass is 375 g/mol. The van der Waals surface area contributed by atoms with Gasteiger partial charge in [-0.05, 0) is 42.6 Å². The summed E-state index contributed by atoms with van der Waals surface area (Å²) in [6.07, 6.45) is 0. The number of nitrogens with one attached hydrogen (secondary N) is 1. The predicted octanol–water partition coefficient (Wildman–Crippen LogP) is 4.49. The van der Waals surface area contributed by atoms with Crippen LogP contribution in [-0.2, 0) is 4.79 Å². The summed E-state index contributed by atoms with van der Waals surface area (Å²) in [6, 6.07) is 21.2. The van der Waals surface area contributed by atoms with Crippen molar-refractivity contribution in [2.75, 3.05) is 11.9 Å². The molecular formula is C22H18FN3O2. The van der Waals surface area contributed by atoms with Crippen LogP contribution in [0.4, 0.5) is 10.2 Å². The summed E-state index contributed by atoms with van der Waals surface area (Å²) in [5, 5.41) is 9.16. The van der Waals surface area contributed by atoms with Crippen molar-refractivity contribution in [2.45, 2.75) is 6.92 Å². The maximum atomic E-state index is 13.2. The SMILES string of the molecule is Cc1cc(NC(=O)COc2cccc3ccccc23)n(-c2ccc(F)cc2)n1. The van der Waals surface area contributed by atoms with Gasteiger partial charge in [-0.1, -0.05) is 36.4 Å². The lowest BCUT2D eigenvalue weighted by atomic mass is 10.1. The second-order valence-electron chi connectivity index (χ2n) is 6.37. The molecule has 0 aliphatic carbocycles. The Morgan fingerprint density at radius 2 is 1.82 bits per heavy atom. The van der Waals surface area contributed by atoms with Crippen LogP contribution in [0.15, 0.2) is 72.8 Å². The molecule has 5 nitrogen and oxygen atoms in total. The molecule has 0 fully saturated rings. The van der Waals surface area contributed by atoms with E-state index in [1.807, 2.05) is 49.4 Å². The van der Waals surface area contributed by atoms with Crippen LogP contribution in [0, 0.1) is 12.7 Å². The fourth-order valence-electron chi connectivity index (χ4n) is 3.01. The van der Waals surface area contributed by atoms with Crippen molar-refractivity contribution >= 4 is 22.5 Å². The van der Waals surface area contributed by atoms with Gasteiger partial charge in [0.05, 0.1) is 11.4 Å². The number of amides is 1. The lowest BCUT2D eigenvalue weighted by molar-refractivity contribution is -0.118. The maximum absolute atomic E-state index is 13.2. The smallest absolute Gasteiger partial charge is 0.263 e. The van der Waals surface area contributed by atoms with Crippen molar-refractivity contribution in [3.8, 4) is 11.4 Å². The molecule has 0 saturated carbocycles. The molecule has 0 spiro atoms. The number of carbonyl (C=O) groups excluding carboxylic acids is 1. The van der Waals surface area contributed by atoms with Crippen molar-refractivity contribution in [1.82, 2.24) is 9.78 Å². The Morgan fingerprint density at radius 3 is 2.64 bits per heavy atom. The molecule has 1 N–H and O–H groups in total. The third-order valence-electron chi connectivity index (χ3n) is 4.28. The summed E-state index contributed by atoms with van der Waals surface area (Å²) < 4.78 is 20.5. The van der Waals surface area contributed by atoms with Crippen LogP contribution < -0.4 is 10.1 Å². The first-order chi connectivity index (χ1) is 13.6. The molecule has 0 atom stereocenters. The van der Waals surface area contributed by atoms with Gasteiger partial charge in [-0.3, -0.25) is 4.79 Å². The van der Waals surface area contributed by atoms with Crippen LogP contribution in [-0.4, -0.2) is 22.3 Å². The number of aromatic nitrogens is 2. The number of ether oxygens (including phenoxy) is 1. The number of hydrogen-bond donors (Lipinski definition) is 1. The minimum atomic E-state index is -0.332. The molecule has 6 heteroatoms. The number of fused-ring (bicyclic) bond motifs is 1. The highest BCUT2D eigenvalue weighted by Crippen LogP contribution is 2.25. The largest absolute Gasteiger partial charge is 0.483 e. The zero-order valence-electron chi connectivity index (χ0n) is 15.2. The van der Waals surface area contributed by atoms with Gasteiger partial charge in [0.25, 0.3) is 5.91 Å². The Hall–Kier alpha value is -3.67. The van der Waals surface area contributed by atoms with Gasteiger partial charge in [-0.25, -0.2) is 9.07 Å². The standard InChI is InChI=1S/C22H18FN3O2/c1-15-13-21(26(25-15)18-11-9-17(23)10-12-18)24-22(27)14-28-20-8-4-6-16-5-2-3-7-19(16)20/h2-13H,14H2,1H3,(H,24,27). The topological polar surface area (TPSA) is 56.1 Å². The van der Waals surface area contributed by atoms with E-state index in [2.05, 4.69) is 10.4 Å². The zero-order valence-corrected chi connectivity index (χ0v) is 15.2. The van der Waals surface area contributed by atoms with Crippen molar-refractivity contribution in [2.24, 2.45) is 0 Å². The number of rotatable bonds is 5. The number of benzene rings is 3. The van der Waals surface area contributed by atoms with E-state index in [1.54, 1.807) is 22.9 Å². The third-order valence-corrected chi connectivity index (χ3v) is 4.28. The third kappa shape index (κ3) is 3.71. The van der Waals surface area contributed by atoms with Gasteiger partial charge in [0.15, 0.2) is 6.61 Å². The first-order valence-electron chi connectivity index (χ1n) is 8.83. The van der Waals surface area contributed by atoms with E-state index in [0.717, 1.165) is 16.5 Å². The van der Waals surface area contributed by atoms with E-state index in [4.69, 9.17) is 4.74 Å². The van der Waals surface area contributed by atoms with Crippen molar-refractivity contribution in [1.29, 1.82) is 0 Å².